The summed E-state index contributed by atoms with van der Waals surface area (Å²) in [6.07, 6.45) is 0.577. The van der Waals surface area contributed by atoms with Gasteiger partial charge in [-0.3, -0.25) is 9.59 Å². The first-order chi connectivity index (χ1) is 8.58. The zero-order valence-electron chi connectivity index (χ0n) is 9.80. The predicted octanol–water partition coefficient (Wildman–Crippen LogP) is 1.65. The molecule has 5 heteroatoms. The number of hydrogen-bond donors (Lipinski definition) is 1. The summed E-state index contributed by atoms with van der Waals surface area (Å²) in [5, 5.41) is 8.95. The van der Waals surface area contributed by atoms with Crippen LogP contribution in [0.1, 0.15) is 18.4 Å². The zero-order valence-corrected chi connectivity index (χ0v) is 9.80. The lowest BCUT2D eigenvalue weighted by molar-refractivity contribution is -0.147. The Morgan fingerprint density at radius 3 is 2.83 bits per heavy atom. The van der Waals surface area contributed by atoms with Crippen molar-refractivity contribution in [1.29, 1.82) is 0 Å². The van der Waals surface area contributed by atoms with E-state index >= 15 is 0 Å². The Kier molecular flexibility index (Phi) is 3.60. The van der Waals surface area contributed by atoms with E-state index in [1.54, 1.807) is 18.2 Å². The van der Waals surface area contributed by atoms with Crippen LogP contribution >= 0.6 is 0 Å². The van der Waals surface area contributed by atoms with E-state index in [4.69, 9.17) is 5.11 Å². The third-order valence-corrected chi connectivity index (χ3v) is 3.17. The highest BCUT2D eigenvalue weighted by Crippen LogP contribution is 2.20. The van der Waals surface area contributed by atoms with Crippen LogP contribution in [0.3, 0.4) is 0 Å². The van der Waals surface area contributed by atoms with E-state index in [1.807, 2.05) is 0 Å². The van der Waals surface area contributed by atoms with Gasteiger partial charge in [0.05, 0.1) is 5.92 Å². The molecule has 0 unspecified atom stereocenters. The van der Waals surface area contributed by atoms with Gasteiger partial charge < -0.3 is 10.0 Å². The first-order valence-electron chi connectivity index (χ1n) is 5.82. The largest absolute Gasteiger partial charge is 0.481 e. The molecule has 1 aliphatic heterocycles. The first-order valence-corrected chi connectivity index (χ1v) is 5.82. The fourth-order valence-electron chi connectivity index (χ4n) is 2.10. The molecule has 0 bridgehead atoms. The van der Waals surface area contributed by atoms with Gasteiger partial charge >= 0.3 is 5.97 Å². The molecule has 1 aromatic carbocycles. The van der Waals surface area contributed by atoms with E-state index in [0.717, 1.165) is 0 Å². The van der Waals surface area contributed by atoms with Gasteiger partial charge in [0, 0.05) is 25.1 Å². The van der Waals surface area contributed by atoms with Gasteiger partial charge in [0.25, 0.3) is 0 Å². The van der Waals surface area contributed by atoms with Crippen LogP contribution in [0.2, 0.25) is 0 Å². The molecule has 1 amide bonds. The Labute approximate surface area is 104 Å². The van der Waals surface area contributed by atoms with E-state index in [1.165, 1.54) is 11.0 Å². The smallest absolute Gasteiger partial charge is 0.308 e. The van der Waals surface area contributed by atoms with Gasteiger partial charge in [-0.1, -0.05) is 18.2 Å². The van der Waals surface area contributed by atoms with Crippen molar-refractivity contribution in [3.8, 4) is 0 Å². The molecule has 1 N–H and O–H groups in total. The van der Waals surface area contributed by atoms with E-state index in [0.29, 0.717) is 12.0 Å². The van der Waals surface area contributed by atoms with Gasteiger partial charge in [0.15, 0.2) is 0 Å². The van der Waals surface area contributed by atoms with Crippen LogP contribution in [0.15, 0.2) is 24.3 Å². The lowest BCUT2D eigenvalue weighted by Gasteiger charge is -2.30. The molecule has 1 fully saturated rings. The zero-order chi connectivity index (χ0) is 13.1. The van der Waals surface area contributed by atoms with Crippen molar-refractivity contribution in [3.63, 3.8) is 0 Å². The lowest BCUT2D eigenvalue weighted by Crippen LogP contribution is -2.42. The average Bonchev–Trinajstić information content (AvgIpc) is 2.34. The van der Waals surface area contributed by atoms with Crippen LogP contribution in [0, 0.1) is 11.7 Å². The number of halogens is 1. The minimum Gasteiger partial charge on any atom is -0.481 e. The molecule has 0 saturated carbocycles. The van der Waals surface area contributed by atoms with Crippen molar-refractivity contribution in [1.82, 2.24) is 4.90 Å². The second-order valence-electron chi connectivity index (χ2n) is 4.44. The molecule has 1 atom stereocenters. The fraction of sp³-hybridized carbons (Fsp3) is 0.385. The van der Waals surface area contributed by atoms with Gasteiger partial charge in [-0.05, 0) is 12.5 Å². The molecule has 1 heterocycles. The number of benzene rings is 1. The molecule has 1 saturated heterocycles. The highest BCUT2D eigenvalue weighted by atomic mass is 19.1. The summed E-state index contributed by atoms with van der Waals surface area (Å²) in [7, 11) is 0. The van der Waals surface area contributed by atoms with Gasteiger partial charge in [-0.15, -0.1) is 0 Å². The van der Waals surface area contributed by atoms with Gasteiger partial charge in [-0.25, -0.2) is 4.39 Å². The number of piperidine rings is 1. The summed E-state index contributed by atoms with van der Waals surface area (Å²) in [6.45, 7) is 0.289. The summed E-state index contributed by atoms with van der Waals surface area (Å²) in [5.41, 5.74) is 0.414. The highest BCUT2D eigenvalue weighted by molar-refractivity contribution is 5.80. The molecular weight excluding hydrogens is 237 g/mol. The van der Waals surface area contributed by atoms with E-state index in [9.17, 15) is 14.0 Å². The second kappa shape index (κ2) is 5.16. The number of nitrogens with zero attached hydrogens (tertiary/aromatic N) is 1. The fourth-order valence-corrected chi connectivity index (χ4v) is 2.10. The molecule has 18 heavy (non-hydrogen) atoms. The number of carboxylic acid groups (broad SMARTS) is 1. The summed E-state index contributed by atoms with van der Waals surface area (Å²) < 4.78 is 13.5. The third kappa shape index (κ3) is 2.67. The van der Waals surface area contributed by atoms with Crippen molar-refractivity contribution in [2.24, 2.45) is 5.92 Å². The predicted molar refractivity (Wildman–Crippen MR) is 62.2 cm³/mol. The van der Waals surface area contributed by atoms with Crippen LogP contribution < -0.4 is 0 Å². The minimum atomic E-state index is -0.902. The SMILES string of the molecule is O=C(O)[C@@H]1CCC(=O)N(Cc2ccccc2F)C1. The molecular formula is C13H14FNO3. The lowest BCUT2D eigenvalue weighted by atomic mass is 9.97. The highest BCUT2D eigenvalue weighted by Gasteiger charge is 2.30. The maximum absolute atomic E-state index is 13.5. The molecule has 0 aromatic heterocycles. The van der Waals surface area contributed by atoms with Crippen molar-refractivity contribution < 1.29 is 19.1 Å². The average molecular weight is 251 g/mol. The van der Waals surface area contributed by atoms with Crippen LogP contribution in [-0.2, 0) is 16.1 Å². The van der Waals surface area contributed by atoms with Crippen molar-refractivity contribution in [2.75, 3.05) is 6.54 Å². The second-order valence-corrected chi connectivity index (χ2v) is 4.44. The Morgan fingerprint density at radius 1 is 1.44 bits per heavy atom. The van der Waals surface area contributed by atoms with Crippen molar-refractivity contribution >= 4 is 11.9 Å². The molecule has 96 valence electrons. The van der Waals surface area contributed by atoms with Gasteiger partial charge in [0.2, 0.25) is 5.91 Å². The number of carbonyl (C=O) groups excluding carboxylic acids is 1. The molecule has 1 aromatic rings. The van der Waals surface area contributed by atoms with E-state index in [2.05, 4.69) is 0 Å². The number of aliphatic carboxylic acids is 1. The van der Waals surface area contributed by atoms with E-state index < -0.39 is 11.9 Å². The molecule has 2 rings (SSSR count). The molecule has 0 radical (unpaired) electrons. The van der Waals surface area contributed by atoms with E-state index in [-0.39, 0.29) is 31.2 Å². The summed E-state index contributed by atoms with van der Waals surface area (Å²) in [4.78, 5) is 24.0. The summed E-state index contributed by atoms with van der Waals surface area (Å²) >= 11 is 0. The van der Waals surface area contributed by atoms with Crippen molar-refractivity contribution in [3.05, 3.63) is 35.6 Å². The maximum Gasteiger partial charge on any atom is 0.308 e. The summed E-state index contributed by atoms with van der Waals surface area (Å²) in [5.74, 6) is -1.94. The first kappa shape index (κ1) is 12.5. The number of rotatable bonds is 3. The molecule has 4 nitrogen and oxygen atoms in total. The number of amides is 1. The maximum atomic E-state index is 13.5. The Balaban J connectivity index is 2.10. The molecule has 0 spiro atoms. The topological polar surface area (TPSA) is 57.6 Å². The van der Waals surface area contributed by atoms with Crippen LogP contribution in [0.25, 0.3) is 0 Å². The van der Waals surface area contributed by atoms with Gasteiger partial charge in [-0.2, -0.15) is 0 Å². The third-order valence-electron chi connectivity index (χ3n) is 3.17. The molecule has 0 aliphatic carbocycles. The Hall–Kier alpha value is -1.91. The van der Waals surface area contributed by atoms with Crippen LogP contribution in [0.4, 0.5) is 4.39 Å². The molecule has 1 aliphatic rings. The number of likely N-dealkylation sites (tertiary alicyclic amines) is 1. The number of carbonyl (C=O) groups is 2. The van der Waals surface area contributed by atoms with Crippen molar-refractivity contribution in [2.45, 2.75) is 19.4 Å². The quantitative estimate of drug-likeness (QED) is 0.888. The standard InChI is InChI=1S/C13H14FNO3/c14-11-4-2-1-3-9(11)7-15-8-10(13(17)18)5-6-12(15)16/h1-4,10H,5-8H2,(H,17,18)/t10-/m1/s1. The Morgan fingerprint density at radius 2 is 2.17 bits per heavy atom. The monoisotopic (exact) mass is 251 g/mol. The van der Waals surface area contributed by atoms with Crippen LogP contribution in [-0.4, -0.2) is 28.4 Å². The van der Waals surface area contributed by atoms with Gasteiger partial charge in [0.1, 0.15) is 5.82 Å². The number of carboxylic acids is 1. The minimum absolute atomic E-state index is 0.115. The Bertz CT molecular complexity index is 475. The normalized spacial score (nSPS) is 19.9. The van der Waals surface area contributed by atoms with Crippen LogP contribution in [0.5, 0.6) is 0 Å². The summed E-state index contributed by atoms with van der Waals surface area (Å²) in [6, 6.07) is 6.21. The number of hydrogen-bond acceptors (Lipinski definition) is 2.